The van der Waals surface area contributed by atoms with Crippen molar-refractivity contribution in [3.8, 4) is 11.5 Å². The fourth-order valence-electron chi connectivity index (χ4n) is 2.12. The van der Waals surface area contributed by atoms with Crippen LogP contribution < -0.4 is 20.2 Å². The Morgan fingerprint density at radius 1 is 1.08 bits per heavy atom. The van der Waals surface area contributed by atoms with Crippen molar-refractivity contribution in [3.63, 3.8) is 0 Å². The van der Waals surface area contributed by atoms with E-state index in [0.717, 1.165) is 28.3 Å². The van der Waals surface area contributed by atoms with Gasteiger partial charge in [-0.1, -0.05) is 0 Å². The number of ether oxygens (including phenoxy) is 2. The summed E-state index contributed by atoms with van der Waals surface area (Å²) in [4.78, 5) is 11.9. The number of fused-ring (bicyclic) bond motifs is 1. The van der Waals surface area contributed by atoms with Gasteiger partial charge in [-0.05, 0) is 42.0 Å². The molecule has 25 heavy (non-hydrogen) atoms. The van der Waals surface area contributed by atoms with Gasteiger partial charge in [0.05, 0.1) is 32.2 Å². The third kappa shape index (κ3) is 4.01. The van der Waals surface area contributed by atoms with Crippen molar-refractivity contribution in [2.75, 3.05) is 19.5 Å². The Labute approximate surface area is 147 Å². The Kier molecular flexibility index (Phi) is 5.05. The Morgan fingerprint density at radius 2 is 1.88 bits per heavy atom. The van der Waals surface area contributed by atoms with Gasteiger partial charge >= 0.3 is 6.03 Å². The minimum atomic E-state index is -0.459. The van der Waals surface area contributed by atoms with E-state index >= 15 is 0 Å². The fraction of sp³-hybridized carbons (Fsp3) is 0.125. The number of anilines is 1. The van der Waals surface area contributed by atoms with Crippen molar-refractivity contribution in [1.82, 2.24) is 14.2 Å². The van der Waals surface area contributed by atoms with Crippen LogP contribution in [0.15, 0.2) is 41.5 Å². The molecule has 0 saturated carbocycles. The van der Waals surface area contributed by atoms with Gasteiger partial charge in [0, 0.05) is 5.69 Å². The van der Waals surface area contributed by atoms with E-state index in [1.165, 1.54) is 6.21 Å². The number of amides is 2. The number of hydrogen-bond donors (Lipinski definition) is 2. The highest BCUT2D eigenvalue weighted by Crippen LogP contribution is 2.26. The molecule has 2 N–H and O–H groups in total. The summed E-state index contributed by atoms with van der Waals surface area (Å²) in [7, 11) is 3.12. The molecule has 9 heteroatoms. The standard InChI is InChI=1S/C16H15N5O3S/c1-23-14-6-3-10(7-15(14)24-2)9-17-19-16(22)18-11-4-5-12-13(8-11)21-25-20-12/h3-9H,1-2H3,(H2,18,19,22)/b17-9+. The van der Waals surface area contributed by atoms with Crippen LogP contribution in [0.25, 0.3) is 11.0 Å². The average molecular weight is 357 g/mol. The molecule has 0 atom stereocenters. The molecule has 0 bridgehead atoms. The molecule has 0 unspecified atom stereocenters. The molecule has 0 radical (unpaired) electrons. The first kappa shape index (κ1) is 16.7. The number of carbonyl (C=O) groups is 1. The molecule has 0 aliphatic rings. The number of methoxy groups -OCH3 is 2. The molecule has 1 aromatic heterocycles. The molecule has 128 valence electrons. The number of nitrogens with one attached hydrogen (secondary N) is 2. The third-order valence-corrected chi connectivity index (χ3v) is 3.86. The molecule has 3 rings (SSSR count). The van der Waals surface area contributed by atoms with Gasteiger partial charge in [0.1, 0.15) is 11.0 Å². The van der Waals surface area contributed by atoms with Crippen molar-refractivity contribution >= 4 is 40.7 Å². The van der Waals surface area contributed by atoms with E-state index in [-0.39, 0.29) is 0 Å². The van der Waals surface area contributed by atoms with Crippen LogP contribution in [0.5, 0.6) is 11.5 Å². The molecule has 0 aliphatic heterocycles. The van der Waals surface area contributed by atoms with Crippen LogP contribution in [0.2, 0.25) is 0 Å². The summed E-state index contributed by atoms with van der Waals surface area (Å²) in [5.41, 5.74) is 5.30. The zero-order valence-electron chi connectivity index (χ0n) is 13.5. The van der Waals surface area contributed by atoms with Gasteiger partial charge in [0.2, 0.25) is 0 Å². The predicted molar refractivity (Wildman–Crippen MR) is 96.7 cm³/mol. The summed E-state index contributed by atoms with van der Waals surface area (Å²) < 4.78 is 18.6. The second-order valence-electron chi connectivity index (χ2n) is 4.91. The van der Waals surface area contributed by atoms with Crippen LogP contribution in [0.1, 0.15) is 5.56 Å². The van der Waals surface area contributed by atoms with E-state index in [0.29, 0.717) is 17.2 Å². The Bertz CT molecular complexity index is 925. The molecular formula is C16H15N5O3S. The highest BCUT2D eigenvalue weighted by molar-refractivity contribution is 7.00. The van der Waals surface area contributed by atoms with Crippen molar-refractivity contribution in [3.05, 3.63) is 42.0 Å². The molecule has 0 aliphatic carbocycles. The second kappa shape index (κ2) is 7.58. The predicted octanol–water partition coefficient (Wildman–Crippen LogP) is 2.86. The van der Waals surface area contributed by atoms with Crippen molar-refractivity contribution < 1.29 is 14.3 Å². The number of hydrogen-bond acceptors (Lipinski definition) is 7. The molecule has 1 heterocycles. The zero-order chi connectivity index (χ0) is 17.6. The third-order valence-electron chi connectivity index (χ3n) is 3.30. The summed E-state index contributed by atoms with van der Waals surface area (Å²) in [6.07, 6.45) is 1.51. The zero-order valence-corrected chi connectivity index (χ0v) is 14.3. The van der Waals surface area contributed by atoms with E-state index in [2.05, 4.69) is 24.6 Å². The number of hydrazone groups is 1. The minimum absolute atomic E-state index is 0.459. The summed E-state index contributed by atoms with van der Waals surface area (Å²) in [5, 5.41) is 6.59. The first-order chi connectivity index (χ1) is 12.2. The maximum absolute atomic E-state index is 11.9. The smallest absolute Gasteiger partial charge is 0.339 e. The number of urea groups is 1. The van der Waals surface area contributed by atoms with Gasteiger partial charge in [-0.25, -0.2) is 10.2 Å². The lowest BCUT2D eigenvalue weighted by molar-refractivity contribution is 0.252. The highest BCUT2D eigenvalue weighted by Gasteiger charge is 2.05. The molecule has 3 aromatic rings. The van der Waals surface area contributed by atoms with E-state index in [1.54, 1.807) is 50.6 Å². The van der Waals surface area contributed by atoms with Crippen molar-refractivity contribution in [1.29, 1.82) is 0 Å². The summed E-state index contributed by atoms with van der Waals surface area (Å²) in [5.74, 6) is 1.21. The van der Waals surface area contributed by atoms with Gasteiger partial charge in [-0.3, -0.25) is 0 Å². The van der Waals surface area contributed by atoms with Gasteiger partial charge in [-0.15, -0.1) is 0 Å². The molecule has 8 nitrogen and oxygen atoms in total. The number of aromatic nitrogens is 2. The van der Waals surface area contributed by atoms with Gasteiger partial charge in [-0.2, -0.15) is 13.8 Å². The minimum Gasteiger partial charge on any atom is -0.493 e. The average Bonchev–Trinajstić information content (AvgIpc) is 3.09. The Balaban J connectivity index is 1.60. The molecule has 0 fully saturated rings. The maximum atomic E-state index is 11.9. The monoisotopic (exact) mass is 357 g/mol. The lowest BCUT2D eigenvalue weighted by atomic mass is 10.2. The molecule has 2 aromatic carbocycles. The number of nitrogens with zero attached hydrogens (tertiary/aromatic N) is 3. The molecule has 2 amide bonds. The normalized spacial score (nSPS) is 10.8. The van der Waals surface area contributed by atoms with Gasteiger partial charge < -0.3 is 14.8 Å². The quantitative estimate of drug-likeness (QED) is 0.540. The lowest BCUT2D eigenvalue weighted by Crippen LogP contribution is -2.24. The molecule has 0 spiro atoms. The fourth-order valence-corrected chi connectivity index (χ4v) is 2.63. The van der Waals surface area contributed by atoms with E-state index in [4.69, 9.17) is 9.47 Å². The largest absolute Gasteiger partial charge is 0.493 e. The lowest BCUT2D eigenvalue weighted by Gasteiger charge is -2.07. The number of benzene rings is 2. The van der Waals surface area contributed by atoms with Crippen molar-refractivity contribution in [2.24, 2.45) is 5.10 Å². The van der Waals surface area contributed by atoms with E-state index in [9.17, 15) is 4.79 Å². The van der Waals surface area contributed by atoms with Crippen LogP contribution in [0.3, 0.4) is 0 Å². The second-order valence-corrected chi connectivity index (χ2v) is 5.43. The van der Waals surface area contributed by atoms with Gasteiger partial charge in [0.25, 0.3) is 0 Å². The highest BCUT2D eigenvalue weighted by atomic mass is 32.1. The van der Waals surface area contributed by atoms with Crippen LogP contribution in [0.4, 0.5) is 10.5 Å². The number of rotatable bonds is 5. The van der Waals surface area contributed by atoms with Crippen LogP contribution in [-0.2, 0) is 0 Å². The molecular weight excluding hydrogens is 342 g/mol. The maximum Gasteiger partial charge on any atom is 0.339 e. The first-order valence-corrected chi connectivity index (χ1v) is 7.97. The topological polar surface area (TPSA) is 97.7 Å². The summed E-state index contributed by atoms with van der Waals surface area (Å²) in [6.45, 7) is 0. The molecule has 0 saturated heterocycles. The van der Waals surface area contributed by atoms with Crippen LogP contribution in [-0.4, -0.2) is 35.2 Å². The SMILES string of the molecule is COc1ccc(/C=N/NC(=O)Nc2ccc3nsnc3c2)cc1OC. The Hall–Kier alpha value is -3.20. The summed E-state index contributed by atoms with van der Waals surface area (Å²) >= 11 is 1.13. The summed E-state index contributed by atoms with van der Waals surface area (Å²) in [6, 6.07) is 10.1. The van der Waals surface area contributed by atoms with Gasteiger partial charge in [0.15, 0.2) is 11.5 Å². The van der Waals surface area contributed by atoms with E-state index in [1.807, 2.05) is 0 Å². The Morgan fingerprint density at radius 3 is 2.68 bits per heavy atom. The number of carbonyl (C=O) groups excluding carboxylic acids is 1. The van der Waals surface area contributed by atoms with E-state index < -0.39 is 6.03 Å². The van der Waals surface area contributed by atoms with Crippen LogP contribution >= 0.6 is 11.7 Å². The van der Waals surface area contributed by atoms with Crippen molar-refractivity contribution in [2.45, 2.75) is 0 Å². The van der Waals surface area contributed by atoms with Crippen LogP contribution in [0, 0.1) is 0 Å². The first-order valence-electron chi connectivity index (χ1n) is 7.24.